The maximum absolute atomic E-state index is 13.0. The first kappa shape index (κ1) is 17.3. The summed E-state index contributed by atoms with van der Waals surface area (Å²) in [5.74, 6) is 0.337. The van der Waals surface area contributed by atoms with E-state index in [4.69, 9.17) is 0 Å². The monoisotopic (exact) mass is 484 g/mol. The Hall–Kier alpha value is -1.85. The Bertz CT molecular complexity index is 1110. The van der Waals surface area contributed by atoms with Crippen molar-refractivity contribution in [1.82, 2.24) is 4.98 Å². The largest absolute Gasteiger partial charge is 0.361 e. The summed E-state index contributed by atoms with van der Waals surface area (Å²) < 4.78 is 2.12. The standard InChI is InChI=1S/C22H18Br2N2O/c23-13-4-6-18-12(8-13)9-16(22-20(26-18)2-1-3-21(22)27)17-11-25-19-7-5-14(24)10-15(17)19/h4-8,10-11,16,25-26H,1-3,9H2. The van der Waals surface area contributed by atoms with Gasteiger partial charge in [0.05, 0.1) is 0 Å². The molecule has 2 N–H and O–H groups in total. The molecule has 136 valence electrons. The molecule has 1 atom stereocenters. The minimum absolute atomic E-state index is 0.0545. The van der Waals surface area contributed by atoms with Gasteiger partial charge in [0, 0.05) is 55.3 Å². The second-order valence-electron chi connectivity index (χ2n) is 7.29. The minimum Gasteiger partial charge on any atom is -0.361 e. The van der Waals surface area contributed by atoms with E-state index in [0.717, 1.165) is 50.7 Å². The first-order valence-corrected chi connectivity index (χ1v) is 10.8. The third-order valence-electron chi connectivity index (χ3n) is 5.63. The molecule has 1 unspecified atom stereocenters. The Morgan fingerprint density at radius 2 is 1.81 bits per heavy atom. The molecule has 2 aromatic carbocycles. The fraction of sp³-hybridized carbons (Fsp3) is 0.227. The number of allylic oxidation sites excluding steroid dienone is 2. The molecule has 1 aliphatic heterocycles. The molecule has 1 aromatic heterocycles. The highest BCUT2D eigenvalue weighted by atomic mass is 79.9. The third kappa shape index (κ3) is 2.97. The number of ketones is 1. The molecule has 0 bridgehead atoms. The maximum atomic E-state index is 13.0. The number of hydrogen-bond acceptors (Lipinski definition) is 2. The van der Waals surface area contributed by atoms with Crippen molar-refractivity contribution in [1.29, 1.82) is 0 Å². The van der Waals surface area contributed by atoms with E-state index >= 15 is 0 Å². The number of halogens is 2. The van der Waals surface area contributed by atoms with Gasteiger partial charge in [-0.1, -0.05) is 31.9 Å². The molecule has 0 radical (unpaired) electrons. The third-order valence-corrected chi connectivity index (χ3v) is 6.62. The Morgan fingerprint density at radius 1 is 1.00 bits per heavy atom. The summed E-state index contributed by atoms with van der Waals surface area (Å²) in [5, 5.41) is 4.77. The number of hydrogen-bond donors (Lipinski definition) is 2. The molecule has 0 spiro atoms. The lowest BCUT2D eigenvalue weighted by Crippen LogP contribution is -2.20. The highest BCUT2D eigenvalue weighted by Crippen LogP contribution is 2.43. The second kappa shape index (κ2) is 6.64. The highest BCUT2D eigenvalue weighted by molar-refractivity contribution is 9.10. The first-order chi connectivity index (χ1) is 13.1. The molecule has 3 nitrogen and oxygen atoms in total. The lowest BCUT2D eigenvalue weighted by molar-refractivity contribution is -0.116. The number of aromatic amines is 1. The number of benzene rings is 2. The van der Waals surface area contributed by atoms with Crippen LogP contribution in [-0.2, 0) is 11.2 Å². The van der Waals surface area contributed by atoms with Crippen LogP contribution in [0.25, 0.3) is 10.9 Å². The van der Waals surface area contributed by atoms with Crippen molar-refractivity contribution >= 4 is 54.2 Å². The predicted molar refractivity (Wildman–Crippen MR) is 116 cm³/mol. The van der Waals surface area contributed by atoms with Crippen molar-refractivity contribution < 1.29 is 4.79 Å². The van der Waals surface area contributed by atoms with E-state index in [1.165, 1.54) is 16.5 Å². The average molecular weight is 486 g/mol. The Balaban J connectivity index is 1.74. The van der Waals surface area contributed by atoms with Crippen LogP contribution in [0.5, 0.6) is 0 Å². The average Bonchev–Trinajstić information content (AvgIpc) is 2.97. The second-order valence-corrected chi connectivity index (χ2v) is 9.12. The van der Waals surface area contributed by atoms with Crippen LogP contribution >= 0.6 is 31.9 Å². The molecule has 0 fully saturated rings. The number of rotatable bonds is 1. The number of anilines is 1. The van der Waals surface area contributed by atoms with E-state index in [9.17, 15) is 4.79 Å². The van der Waals surface area contributed by atoms with E-state index in [2.05, 4.69) is 78.7 Å². The zero-order chi connectivity index (χ0) is 18.5. The molecule has 27 heavy (non-hydrogen) atoms. The fourth-order valence-corrected chi connectivity index (χ4v) is 5.17. The molecule has 0 saturated heterocycles. The molecule has 2 aliphatic rings. The molecular weight excluding hydrogens is 468 g/mol. The summed E-state index contributed by atoms with van der Waals surface area (Å²) in [6, 6.07) is 12.6. The Kier molecular flexibility index (Phi) is 4.25. The number of nitrogens with one attached hydrogen (secondary N) is 2. The quantitative estimate of drug-likeness (QED) is 0.415. The van der Waals surface area contributed by atoms with Gasteiger partial charge in [0.25, 0.3) is 0 Å². The van der Waals surface area contributed by atoms with Crippen LogP contribution in [0, 0.1) is 0 Å². The number of carbonyl (C=O) groups is 1. The van der Waals surface area contributed by atoms with Gasteiger partial charge < -0.3 is 10.3 Å². The highest BCUT2D eigenvalue weighted by Gasteiger charge is 2.33. The lowest BCUT2D eigenvalue weighted by atomic mass is 9.79. The van der Waals surface area contributed by atoms with Crippen LogP contribution in [0.3, 0.4) is 0 Å². The molecule has 5 rings (SSSR count). The smallest absolute Gasteiger partial charge is 0.161 e. The first-order valence-electron chi connectivity index (χ1n) is 9.18. The van der Waals surface area contributed by atoms with Gasteiger partial charge in [-0.15, -0.1) is 0 Å². The minimum atomic E-state index is 0.0545. The van der Waals surface area contributed by atoms with E-state index in [-0.39, 0.29) is 11.7 Å². The van der Waals surface area contributed by atoms with Crippen molar-refractivity contribution in [2.24, 2.45) is 0 Å². The van der Waals surface area contributed by atoms with E-state index in [0.29, 0.717) is 6.42 Å². The van der Waals surface area contributed by atoms with Crippen molar-refractivity contribution in [2.75, 3.05) is 5.32 Å². The van der Waals surface area contributed by atoms with Gasteiger partial charge in [-0.3, -0.25) is 4.79 Å². The van der Waals surface area contributed by atoms with Gasteiger partial charge in [0.1, 0.15) is 0 Å². The van der Waals surface area contributed by atoms with Crippen LogP contribution in [0.4, 0.5) is 5.69 Å². The van der Waals surface area contributed by atoms with Crippen molar-refractivity contribution in [3.05, 3.63) is 73.9 Å². The van der Waals surface area contributed by atoms with Gasteiger partial charge in [-0.05, 0) is 66.8 Å². The molecular formula is C22H18Br2N2O. The predicted octanol–water partition coefficient (Wildman–Crippen LogP) is 6.45. The summed E-state index contributed by atoms with van der Waals surface area (Å²) >= 11 is 7.20. The van der Waals surface area contributed by atoms with Gasteiger partial charge in [0.15, 0.2) is 5.78 Å². The van der Waals surface area contributed by atoms with Gasteiger partial charge >= 0.3 is 0 Å². The summed E-state index contributed by atoms with van der Waals surface area (Å²) in [7, 11) is 0. The SMILES string of the molecule is O=C1CCCC2=C1C(c1c[nH]c3ccc(Br)cc13)Cc1cc(Br)ccc1N2. The molecule has 0 amide bonds. The lowest BCUT2D eigenvalue weighted by Gasteiger charge is -2.24. The van der Waals surface area contributed by atoms with E-state index < -0.39 is 0 Å². The van der Waals surface area contributed by atoms with Gasteiger partial charge in [-0.2, -0.15) is 0 Å². The summed E-state index contributed by atoms with van der Waals surface area (Å²) in [5.41, 5.74) is 6.72. The van der Waals surface area contributed by atoms with Gasteiger partial charge in [0.2, 0.25) is 0 Å². The van der Waals surface area contributed by atoms with E-state index in [1.807, 2.05) is 6.07 Å². The normalized spacial score (nSPS) is 19.5. The van der Waals surface area contributed by atoms with E-state index in [1.54, 1.807) is 0 Å². The zero-order valence-electron chi connectivity index (χ0n) is 14.6. The number of Topliss-reactive ketones (excluding diaryl/α,β-unsaturated/α-hetero) is 1. The Morgan fingerprint density at radius 3 is 2.70 bits per heavy atom. The van der Waals surface area contributed by atoms with Gasteiger partial charge in [-0.25, -0.2) is 0 Å². The zero-order valence-corrected chi connectivity index (χ0v) is 17.8. The van der Waals surface area contributed by atoms with Crippen LogP contribution in [0.1, 0.15) is 36.3 Å². The molecule has 2 heterocycles. The van der Waals surface area contributed by atoms with Crippen molar-refractivity contribution in [2.45, 2.75) is 31.6 Å². The summed E-state index contributed by atoms with van der Waals surface area (Å²) in [4.78, 5) is 16.4. The molecule has 5 heteroatoms. The fourth-order valence-electron chi connectivity index (χ4n) is 4.40. The maximum Gasteiger partial charge on any atom is 0.161 e. The molecule has 1 aliphatic carbocycles. The molecule has 3 aromatic rings. The van der Waals surface area contributed by atoms with Crippen LogP contribution in [-0.4, -0.2) is 10.8 Å². The number of carbonyl (C=O) groups excluding carboxylic acids is 1. The molecule has 0 saturated carbocycles. The summed E-state index contributed by atoms with van der Waals surface area (Å²) in [6.45, 7) is 0. The Labute approximate surface area is 174 Å². The number of H-pyrrole nitrogens is 1. The number of aromatic nitrogens is 1. The number of fused-ring (bicyclic) bond motifs is 2. The van der Waals surface area contributed by atoms with Crippen molar-refractivity contribution in [3.63, 3.8) is 0 Å². The summed E-state index contributed by atoms with van der Waals surface area (Å²) in [6.07, 6.45) is 5.38. The topological polar surface area (TPSA) is 44.9 Å². The van der Waals surface area contributed by atoms with Crippen molar-refractivity contribution in [3.8, 4) is 0 Å². The van der Waals surface area contributed by atoms with Crippen LogP contribution in [0.15, 0.2) is 62.8 Å². The van der Waals surface area contributed by atoms with Crippen LogP contribution < -0.4 is 5.32 Å². The van der Waals surface area contributed by atoms with Crippen LogP contribution in [0.2, 0.25) is 0 Å².